The third-order valence-electron chi connectivity index (χ3n) is 10.6. The molecule has 0 N–H and O–H groups in total. The van der Waals surface area contributed by atoms with Crippen LogP contribution in [0.2, 0.25) is 0 Å². The van der Waals surface area contributed by atoms with E-state index >= 15 is 0 Å². The summed E-state index contributed by atoms with van der Waals surface area (Å²) in [5.41, 5.74) is 12.6. The first-order chi connectivity index (χ1) is 27.1. The smallest absolute Gasteiger partial charge is 0.135 e. The second-order valence-corrected chi connectivity index (χ2v) is 15.3. The number of fused-ring (bicyclic) bond motifs is 4. The SMILES string of the molecule is Cc1cc(Oc2[c-]c3c(cc2)c2ccccc2n3-c2cc(C)ccn2)[c-]c(N2[CH-]N(c3c(C(C)C)cc(-c4cccc(F)c4)cc3C(C)C)c3ccccc32)c1.[Pt]. The Kier molecular flexibility index (Phi) is 10.3. The number of halogens is 1. The van der Waals surface area contributed by atoms with Gasteiger partial charge in [0.05, 0.1) is 0 Å². The maximum absolute atomic E-state index is 14.4. The van der Waals surface area contributed by atoms with E-state index in [0.29, 0.717) is 11.5 Å². The standard InChI is InChI=1S/C50H42FN4O.Pt/c1-31(2)43-26-36(35-12-11-13-37(51)25-35)27-44(32(3)4)50(43)54-30-53(46-16-9-10-17-47(46)54)38-22-34(6)23-40(28-38)56-39-18-19-42-41-14-7-8-15-45(41)55(48(42)29-39)49-24-33(5)20-21-52-49;/h7-27,30-32H,1-6H3;/q-3;. The number of aryl methyl sites for hydroxylation is 2. The number of hydrogen-bond donors (Lipinski definition) is 0. The number of aromatic nitrogens is 2. The van der Waals surface area contributed by atoms with Gasteiger partial charge in [0.2, 0.25) is 0 Å². The summed E-state index contributed by atoms with van der Waals surface area (Å²) in [7, 11) is 0. The molecule has 57 heavy (non-hydrogen) atoms. The molecule has 0 saturated carbocycles. The van der Waals surface area contributed by atoms with Crippen molar-refractivity contribution in [1.29, 1.82) is 0 Å². The Labute approximate surface area is 348 Å². The van der Waals surface area contributed by atoms with Crippen LogP contribution in [0.25, 0.3) is 38.8 Å². The first-order valence-corrected chi connectivity index (χ1v) is 19.2. The molecule has 3 heterocycles. The maximum atomic E-state index is 14.4. The summed E-state index contributed by atoms with van der Waals surface area (Å²) in [6.45, 7) is 15.2. The number of pyridine rings is 1. The van der Waals surface area contributed by atoms with E-state index in [1.54, 1.807) is 12.1 Å². The normalized spacial score (nSPS) is 12.5. The van der Waals surface area contributed by atoms with E-state index in [1.165, 1.54) is 17.2 Å². The van der Waals surface area contributed by atoms with Crippen LogP contribution < -0.4 is 14.5 Å². The first kappa shape index (κ1) is 38.2. The fraction of sp³-hybridized carbons (Fsp3) is 0.160. The molecule has 8 aromatic rings. The van der Waals surface area contributed by atoms with E-state index in [-0.39, 0.29) is 38.7 Å². The van der Waals surface area contributed by atoms with Gasteiger partial charge in [-0.25, -0.2) is 9.37 Å². The second-order valence-electron chi connectivity index (χ2n) is 15.3. The summed E-state index contributed by atoms with van der Waals surface area (Å²) in [5.74, 6) is 2.22. The molecule has 0 spiro atoms. The van der Waals surface area contributed by atoms with Crippen LogP contribution in [0, 0.1) is 38.5 Å². The van der Waals surface area contributed by atoms with Gasteiger partial charge in [-0.1, -0.05) is 82.6 Å². The Bertz CT molecular complexity index is 2760. The second kappa shape index (κ2) is 15.3. The first-order valence-electron chi connectivity index (χ1n) is 19.2. The van der Waals surface area contributed by atoms with E-state index in [9.17, 15) is 4.39 Å². The van der Waals surface area contributed by atoms with Crippen molar-refractivity contribution in [3.63, 3.8) is 0 Å². The fourth-order valence-corrected chi connectivity index (χ4v) is 7.93. The zero-order valence-electron chi connectivity index (χ0n) is 32.7. The minimum Gasteiger partial charge on any atom is -0.509 e. The maximum Gasteiger partial charge on any atom is 0.135 e. The molecule has 0 bridgehead atoms. The predicted octanol–water partition coefficient (Wildman–Crippen LogP) is 13.6. The van der Waals surface area contributed by atoms with Crippen LogP contribution in [0.4, 0.5) is 27.1 Å². The molecule has 0 amide bonds. The Morgan fingerprint density at radius 2 is 1.37 bits per heavy atom. The van der Waals surface area contributed by atoms with Gasteiger partial charge in [-0.2, -0.15) is 11.6 Å². The number of para-hydroxylation sites is 3. The van der Waals surface area contributed by atoms with Crippen molar-refractivity contribution in [2.45, 2.75) is 53.4 Å². The number of rotatable bonds is 8. The van der Waals surface area contributed by atoms with Crippen LogP contribution in [0.15, 0.2) is 128 Å². The van der Waals surface area contributed by atoms with E-state index < -0.39 is 0 Å². The number of hydrogen-bond acceptors (Lipinski definition) is 4. The Balaban J connectivity index is 0.00000455. The zero-order valence-corrected chi connectivity index (χ0v) is 35.0. The summed E-state index contributed by atoms with van der Waals surface area (Å²) < 4.78 is 23.2. The summed E-state index contributed by atoms with van der Waals surface area (Å²) in [6, 6.07) is 47.7. The van der Waals surface area contributed by atoms with E-state index in [4.69, 9.17) is 9.72 Å². The van der Waals surface area contributed by atoms with Gasteiger partial charge in [0, 0.05) is 61.3 Å². The van der Waals surface area contributed by atoms with Gasteiger partial charge >= 0.3 is 0 Å². The van der Waals surface area contributed by atoms with Crippen molar-refractivity contribution >= 4 is 44.6 Å². The van der Waals surface area contributed by atoms with Gasteiger partial charge < -0.3 is 19.1 Å². The Hall–Kier alpha value is -5.71. The third kappa shape index (κ3) is 7.02. The molecule has 0 fully saturated rings. The van der Waals surface area contributed by atoms with Crippen LogP contribution in [0.5, 0.6) is 11.5 Å². The van der Waals surface area contributed by atoms with E-state index in [0.717, 1.165) is 72.6 Å². The van der Waals surface area contributed by atoms with Crippen LogP contribution in [-0.4, -0.2) is 9.55 Å². The fourth-order valence-electron chi connectivity index (χ4n) is 7.93. The van der Waals surface area contributed by atoms with Gasteiger partial charge in [-0.3, -0.25) is 0 Å². The molecular formula is C50H42FN4OPt-3. The largest absolute Gasteiger partial charge is 0.509 e. The van der Waals surface area contributed by atoms with Crippen LogP contribution >= 0.6 is 0 Å². The van der Waals surface area contributed by atoms with Gasteiger partial charge in [0.1, 0.15) is 11.6 Å². The molecule has 1 aliphatic rings. The van der Waals surface area contributed by atoms with Gasteiger partial charge in [0.25, 0.3) is 0 Å². The summed E-state index contributed by atoms with van der Waals surface area (Å²) in [4.78, 5) is 9.23. The minimum atomic E-state index is -0.236. The van der Waals surface area contributed by atoms with Crippen LogP contribution in [-0.2, 0) is 21.1 Å². The molecule has 0 saturated heterocycles. The summed E-state index contributed by atoms with van der Waals surface area (Å²) in [5, 5.41) is 2.22. The Morgan fingerprint density at radius 1 is 0.649 bits per heavy atom. The van der Waals surface area contributed by atoms with Crippen LogP contribution in [0.3, 0.4) is 0 Å². The third-order valence-corrected chi connectivity index (χ3v) is 10.6. The number of benzene rings is 6. The van der Waals surface area contributed by atoms with Crippen molar-refractivity contribution in [2.24, 2.45) is 0 Å². The molecular weight excluding hydrogens is 887 g/mol. The zero-order chi connectivity index (χ0) is 38.7. The van der Waals surface area contributed by atoms with Crippen LogP contribution in [0.1, 0.15) is 61.8 Å². The van der Waals surface area contributed by atoms with E-state index in [2.05, 4.69) is 154 Å². The minimum absolute atomic E-state index is 0. The van der Waals surface area contributed by atoms with Crippen molar-refractivity contribution in [3.8, 4) is 28.4 Å². The average Bonchev–Trinajstić information content (AvgIpc) is 3.73. The quantitative estimate of drug-likeness (QED) is 0.142. The van der Waals surface area contributed by atoms with Gasteiger partial charge in [0.15, 0.2) is 0 Å². The van der Waals surface area contributed by atoms with Crippen molar-refractivity contribution < 1.29 is 30.2 Å². The molecule has 5 nitrogen and oxygen atoms in total. The molecule has 9 rings (SSSR count). The average molecular weight is 929 g/mol. The molecule has 0 atom stereocenters. The number of ether oxygens (including phenoxy) is 1. The van der Waals surface area contributed by atoms with Crippen molar-refractivity contribution in [2.75, 3.05) is 9.80 Å². The number of nitrogens with zero attached hydrogens (tertiary/aromatic N) is 4. The van der Waals surface area contributed by atoms with Gasteiger partial charge in [-0.15, -0.1) is 48.1 Å². The monoisotopic (exact) mass is 928 g/mol. The molecule has 7 heteroatoms. The molecule has 0 radical (unpaired) electrons. The topological polar surface area (TPSA) is 33.5 Å². The summed E-state index contributed by atoms with van der Waals surface area (Å²) >= 11 is 0. The molecule has 0 unspecified atom stereocenters. The van der Waals surface area contributed by atoms with E-state index in [1.807, 2.05) is 30.5 Å². The van der Waals surface area contributed by atoms with Crippen molar-refractivity contribution in [1.82, 2.24) is 9.55 Å². The molecule has 1 aliphatic heterocycles. The molecule has 288 valence electrons. The Morgan fingerprint density at radius 3 is 2.09 bits per heavy atom. The molecule has 6 aromatic carbocycles. The van der Waals surface area contributed by atoms with Gasteiger partial charge in [-0.05, 0) is 107 Å². The molecule has 0 aliphatic carbocycles. The molecule has 2 aromatic heterocycles. The number of anilines is 4. The summed E-state index contributed by atoms with van der Waals surface area (Å²) in [6.07, 6.45) is 1.85. The van der Waals surface area contributed by atoms with Crippen molar-refractivity contribution in [3.05, 3.63) is 174 Å². The predicted molar refractivity (Wildman–Crippen MR) is 227 cm³/mol.